The van der Waals surface area contributed by atoms with E-state index in [0.29, 0.717) is 68.3 Å². The van der Waals surface area contributed by atoms with E-state index in [1.54, 1.807) is 55.7 Å². The molecule has 4 heterocycles. The molecular formula is C70H94FN9O10. The Kier molecular flexibility index (Phi) is 19.9. The Hall–Kier alpha value is -7.42. The quantitative estimate of drug-likeness (QED) is 0.108. The lowest BCUT2D eigenvalue weighted by atomic mass is 9.82. The van der Waals surface area contributed by atoms with Crippen LogP contribution in [0.15, 0.2) is 84.9 Å². The molecule has 3 unspecified atom stereocenters. The summed E-state index contributed by atoms with van der Waals surface area (Å²) in [5, 5.41) is 9.47. The number of hydrogen-bond acceptors (Lipinski definition) is 12. The van der Waals surface area contributed by atoms with Crippen LogP contribution in [0.3, 0.4) is 0 Å². The molecule has 4 aromatic rings. The first-order valence-electron chi connectivity index (χ1n) is 31.9. The second kappa shape index (κ2) is 26.8. The summed E-state index contributed by atoms with van der Waals surface area (Å²) in [7, 11) is 1.47. The predicted molar refractivity (Wildman–Crippen MR) is 343 cm³/mol. The summed E-state index contributed by atoms with van der Waals surface area (Å²) < 4.78 is 31.3. The molecule has 90 heavy (non-hydrogen) atoms. The molecule has 0 bridgehead atoms. The molecule has 9 rings (SSSR count). The summed E-state index contributed by atoms with van der Waals surface area (Å²) in [6, 6.07) is 21.8. The van der Waals surface area contributed by atoms with Crippen molar-refractivity contribution in [3.05, 3.63) is 130 Å². The molecule has 1 aliphatic carbocycles. The number of fused-ring (bicyclic) bond motifs is 3. The number of carbonyl (C=O) groups is 7. The highest BCUT2D eigenvalue weighted by molar-refractivity contribution is 6.07. The lowest BCUT2D eigenvalue weighted by molar-refractivity contribution is -0.147. The normalized spacial score (nSPS) is 22.9. The third kappa shape index (κ3) is 15.5. The molecule has 0 saturated carbocycles. The lowest BCUT2D eigenvalue weighted by Crippen LogP contribution is -2.64. The van der Waals surface area contributed by atoms with E-state index in [2.05, 4.69) is 38.7 Å². The second-order valence-corrected chi connectivity index (χ2v) is 28.8. The minimum Gasteiger partial charge on any atom is -0.444 e. The summed E-state index contributed by atoms with van der Waals surface area (Å²) in [6.07, 6.45) is 1.98. The molecule has 19 nitrogen and oxygen atoms in total. The van der Waals surface area contributed by atoms with Gasteiger partial charge < -0.3 is 44.9 Å². The van der Waals surface area contributed by atoms with Crippen LogP contribution in [0.25, 0.3) is 0 Å². The van der Waals surface area contributed by atoms with E-state index in [-0.39, 0.29) is 73.8 Å². The first-order chi connectivity index (χ1) is 42.3. The van der Waals surface area contributed by atoms with Gasteiger partial charge in [0, 0.05) is 82.2 Å². The number of benzene rings is 4. The maximum absolute atomic E-state index is 15.5. The largest absolute Gasteiger partial charge is 0.444 e. The van der Waals surface area contributed by atoms with Crippen molar-refractivity contribution in [2.75, 3.05) is 69.7 Å². The summed E-state index contributed by atoms with van der Waals surface area (Å²) in [5.41, 5.74) is 3.42. The highest BCUT2D eigenvalue weighted by Crippen LogP contribution is 2.43. The lowest BCUT2D eigenvalue weighted by Gasteiger charge is -2.47. The number of anilines is 2. The number of nitrogens with zero attached hydrogens (tertiary/aromatic N) is 6. The zero-order valence-electron chi connectivity index (χ0n) is 55.2. The van der Waals surface area contributed by atoms with Crippen molar-refractivity contribution in [1.82, 2.24) is 35.1 Å². The number of rotatable bonds is 14. The topological polar surface area (TPSA) is 203 Å². The molecule has 5 aliphatic rings. The molecule has 2 saturated heterocycles. The average molecular weight is 1240 g/mol. The minimum absolute atomic E-state index is 0.00410. The van der Waals surface area contributed by atoms with Crippen molar-refractivity contribution in [1.29, 1.82) is 0 Å². The molecular weight excluding hydrogens is 1150 g/mol. The van der Waals surface area contributed by atoms with Gasteiger partial charge in [0.1, 0.15) is 35.1 Å². The van der Waals surface area contributed by atoms with Crippen LogP contribution in [0.5, 0.6) is 0 Å². The monoisotopic (exact) mass is 1240 g/mol. The number of morpholine rings is 1. The molecule has 7 amide bonds. The van der Waals surface area contributed by atoms with Gasteiger partial charge in [-0.05, 0) is 170 Å². The Morgan fingerprint density at radius 1 is 0.800 bits per heavy atom. The number of aryl methyl sites for hydroxylation is 1. The number of carbonyl (C=O) groups excluding carboxylic acids is 7. The molecule has 0 radical (unpaired) electrons. The molecule has 20 heteroatoms. The fourth-order valence-electron chi connectivity index (χ4n) is 13.0. The van der Waals surface area contributed by atoms with Crippen LogP contribution in [0.4, 0.5) is 25.4 Å². The molecule has 0 spiro atoms. The van der Waals surface area contributed by atoms with Gasteiger partial charge in [0.05, 0.1) is 31.2 Å². The highest BCUT2D eigenvalue weighted by Gasteiger charge is 2.49. The van der Waals surface area contributed by atoms with Crippen LogP contribution >= 0.6 is 0 Å². The van der Waals surface area contributed by atoms with Gasteiger partial charge in [-0.15, -0.1) is 0 Å². The number of likely N-dealkylation sites (N-methyl/N-ethyl adjacent to an activating group) is 1. The third-order valence-electron chi connectivity index (χ3n) is 18.3. The number of halogens is 1. The molecule has 486 valence electrons. The van der Waals surface area contributed by atoms with Gasteiger partial charge in [-0.25, -0.2) is 14.0 Å². The van der Waals surface area contributed by atoms with Crippen LogP contribution in [0, 0.1) is 11.2 Å². The Bertz CT molecular complexity index is 3340. The smallest absolute Gasteiger partial charge is 0.410 e. The second-order valence-electron chi connectivity index (χ2n) is 28.8. The first-order valence-corrected chi connectivity index (χ1v) is 31.9. The van der Waals surface area contributed by atoms with Gasteiger partial charge in [0.15, 0.2) is 0 Å². The van der Waals surface area contributed by atoms with E-state index in [1.807, 2.05) is 104 Å². The number of piperazine rings is 1. The van der Waals surface area contributed by atoms with E-state index < -0.39 is 64.2 Å². The van der Waals surface area contributed by atoms with Crippen molar-refractivity contribution in [3.8, 4) is 0 Å². The van der Waals surface area contributed by atoms with Crippen LogP contribution in [0.2, 0.25) is 0 Å². The standard InChI is InChI=1S/C70H94FN9O10/c1-43-36-77(53(38-76-30-31-88-41-44(76)2)39-78(43)66(87)90-69(10,11)12)40-59(81)80-42-70(13,55-29-24-47(33-57(55)80)32-46-22-26-51(71)27-23-46)64(85)72-52-28-25-49-35-58(62(83)73-56-21-17-19-48-18-15-16-20-54(48)56)79(37-50(49)34-52)63(84)60(67(4,5)6)74-61(82)45(3)75(14)65(86)89-68(7,8)9/h15-16,18,20,22-29,33-34,43-45,53,56,58,60H,17,19,21,30-32,35-42H2,1-14H3,(H,72,85)(H,73,83)(H,74,82)/t43?,44-,45+,53?,56-,58+,60-,70?/m1/s1. The van der Waals surface area contributed by atoms with Crippen molar-refractivity contribution < 1.29 is 52.2 Å². The Balaban J connectivity index is 1.00. The highest BCUT2D eigenvalue weighted by atomic mass is 19.1. The fraction of sp³-hybridized carbons (Fsp3) is 0.557. The van der Waals surface area contributed by atoms with Gasteiger partial charge in [-0.1, -0.05) is 75.4 Å². The third-order valence-corrected chi connectivity index (χ3v) is 18.3. The Labute approximate surface area is 530 Å². The van der Waals surface area contributed by atoms with Gasteiger partial charge >= 0.3 is 12.2 Å². The zero-order valence-corrected chi connectivity index (χ0v) is 55.2. The Morgan fingerprint density at radius 3 is 2.19 bits per heavy atom. The number of amides is 7. The summed E-state index contributed by atoms with van der Waals surface area (Å²) in [6.45, 7) is 26.8. The van der Waals surface area contributed by atoms with Crippen molar-refractivity contribution in [2.45, 2.75) is 188 Å². The first kappa shape index (κ1) is 67.0. The maximum Gasteiger partial charge on any atom is 0.410 e. The fourth-order valence-corrected chi connectivity index (χ4v) is 13.0. The summed E-state index contributed by atoms with van der Waals surface area (Å²) in [5.74, 6) is -2.35. The zero-order chi connectivity index (χ0) is 65.4. The molecule has 8 atom stereocenters. The van der Waals surface area contributed by atoms with Crippen molar-refractivity contribution in [3.63, 3.8) is 0 Å². The number of hydrogen-bond donors (Lipinski definition) is 3. The van der Waals surface area contributed by atoms with E-state index in [9.17, 15) is 23.6 Å². The van der Waals surface area contributed by atoms with E-state index >= 15 is 14.4 Å². The van der Waals surface area contributed by atoms with Gasteiger partial charge in [-0.3, -0.25) is 38.7 Å². The molecule has 4 aliphatic heterocycles. The Morgan fingerprint density at radius 2 is 1.50 bits per heavy atom. The predicted octanol–water partition coefficient (Wildman–Crippen LogP) is 8.92. The summed E-state index contributed by atoms with van der Waals surface area (Å²) in [4.78, 5) is 113. The van der Waals surface area contributed by atoms with Gasteiger partial charge in [0.25, 0.3) is 0 Å². The average Bonchev–Trinajstić information content (AvgIpc) is 1.54. The molecule has 3 N–H and O–H groups in total. The van der Waals surface area contributed by atoms with Gasteiger partial charge in [-0.2, -0.15) is 0 Å². The van der Waals surface area contributed by atoms with Crippen LogP contribution in [0.1, 0.15) is 148 Å². The van der Waals surface area contributed by atoms with E-state index in [0.717, 1.165) is 47.1 Å². The number of nitrogens with one attached hydrogen (secondary N) is 3. The summed E-state index contributed by atoms with van der Waals surface area (Å²) >= 11 is 0. The maximum atomic E-state index is 15.5. The molecule has 2 fully saturated rings. The molecule has 0 aromatic heterocycles. The van der Waals surface area contributed by atoms with Crippen LogP contribution in [-0.2, 0) is 69.4 Å². The van der Waals surface area contributed by atoms with E-state index in [1.165, 1.54) is 29.0 Å². The van der Waals surface area contributed by atoms with Crippen LogP contribution < -0.4 is 20.9 Å². The van der Waals surface area contributed by atoms with Crippen LogP contribution in [-0.4, -0.2) is 173 Å². The van der Waals surface area contributed by atoms with Crippen molar-refractivity contribution >= 4 is 53.1 Å². The number of ether oxygens (including phenoxy) is 3. The molecule has 4 aromatic carbocycles. The van der Waals surface area contributed by atoms with Gasteiger partial charge in [0.2, 0.25) is 29.5 Å². The van der Waals surface area contributed by atoms with E-state index in [4.69, 9.17) is 14.2 Å². The SMILES string of the molecule is CC1CN(CC(=O)N2CC(C)(C(=O)Nc3ccc4c(c3)CN(C(=O)[C@@H](NC(=O)[C@H](C)N(C)C(=O)OC(C)(C)C)C(C)(C)C)[C@H](C(=O)N[C@@H]3CCCc5ccccc53)C4)c3ccc(Cc4ccc(F)cc4)cc32)C(CN2CCOC[C@H]2C)CN1C(=O)OC(C)(C)C. The van der Waals surface area contributed by atoms with Crippen molar-refractivity contribution in [2.24, 2.45) is 5.41 Å². The minimum atomic E-state index is -1.28.